The van der Waals surface area contributed by atoms with E-state index in [4.69, 9.17) is 5.11 Å². The highest BCUT2D eigenvalue weighted by atomic mass is 16.3. The second kappa shape index (κ2) is 7.54. The molecule has 1 amide bonds. The number of hydrogen-bond donors (Lipinski definition) is 2. The lowest BCUT2D eigenvalue weighted by molar-refractivity contribution is 0.0940. The number of nitrogens with one attached hydrogen (secondary N) is 1. The van der Waals surface area contributed by atoms with Gasteiger partial charge in [-0.05, 0) is 17.9 Å². The summed E-state index contributed by atoms with van der Waals surface area (Å²) >= 11 is 0. The molecule has 112 valence electrons. The maximum Gasteiger partial charge on any atom is 0.273 e. The summed E-state index contributed by atoms with van der Waals surface area (Å²) in [5.74, 6) is -0.00239. The third-order valence-electron chi connectivity index (χ3n) is 3.19. The number of aromatic nitrogens is 3. The number of benzene rings is 1. The highest BCUT2D eigenvalue weighted by molar-refractivity contribution is 5.91. The summed E-state index contributed by atoms with van der Waals surface area (Å²) < 4.78 is 1.64. The lowest BCUT2D eigenvalue weighted by atomic mass is 10.1. The van der Waals surface area contributed by atoms with Crippen molar-refractivity contribution >= 4 is 5.91 Å². The Labute approximate surface area is 123 Å². The first-order valence-corrected chi connectivity index (χ1v) is 7.02. The second-order valence-electron chi connectivity index (χ2n) is 5.11. The second-order valence-corrected chi connectivity index (χ2v) is 5.11. The lowest BCUT2D eigenvalue weighted by Gasteiger charge is -2.09. The molecule has 1 aromatic heterocycles. The van der Waals surface area contributed by atoms with Gasteiger partial charge in [-0.2, -0.15) is 0 Å². The Balaban J connectivity index is 1.89. The van der Waals surface area contributed by atoms with Crippen LogP contribution in [0.1, 0.15) is 29.4 Å². The van der Waals surface area contributed by atoms with Crippen LogP contribution in [0, 0.1) is 5.92 Å². The van der Waals surface area contributed by atoms with Gasteiger partial charge in [0.1, 0.15) is 0 Å². The normalized spacial score (nSPS) is 12.1. The van der Waals surface area contributed by atoms with Crippen LogP contribution in [-0.2, 0) is 6.54 Å². The van der Waals surface area contributed by atoms with Crippen LogP contribution >= 0.6 is 0 Å². The zero-order valence-corrected chi connectivity index (χ0v) is 12.1. The van der Waals surface area contributed by atoms with Gasteiger partial charge in [-0.1, -0.05) is 42.5 Å². The van der Waals surface area contributed by atoms with Crippen LogP contribution in [0.5, 0.6) is 0 Å². The molecule has 0 aliphatic rings. The van der Waals surface area contributed by atoms with Crippen LogP contribution in [0.25, 0.3) is 0 Å². The summed E-state index contributed by atoms with van der Waals surface area (Å²) in [6, 6.07) is 9.87. The minimum Gasteiger partial charge on any atom is -0.396 e. The summed E-state index contributed by atoms with van der Waals surface area (Å²) in [7, 11) is 0. The fourth-order valence-corrected chi connectivity index (χ4v) is 1.93. The van der Waals surface area contributed by atoms with Gasteiger partial charge in [-0.15, -0.1) is 5.10 Å². The molecule has 0 fully saturated rings. The molecular weight excluding hydrogens is 268 g/mol. The van der Waals surface area contributed by atoms with Crippen LogP contribution < -0.4 is 5.32 Å². The van der Waals surface area contributed by atoms with E-state index in [2.05, 4.69) is 15.6 Å². The van der Waals surface area contributed by atoms with Gasteiger partial charge in [0.15, 0.2) is 5.69 Å². The number of amides is 1. The van der Waals surface area contributed by atoms with Crippen molar-refractivity contribution in [3.63, 3.8) is 0 Å². The number of aliphatic hydroxyl groups excluding tert-OH is 1. The Morgan fingerprint density at radius 3 is 2.86 bits per heavy atom. The number of rotatable bonds is 7. The number of hydrogen-bond acceptors (Lipinski definition) is 4. The van der Waals surface area contributed by atoms with Crippen molar-refractivity contribution in [3.05, 3.63) is 47.8 Å². The predicted molar refractivity (Wildman–Crippen MR) is 78.8 cm³/mol. The van der Waals surface area contributed by atoms with E-state index in [-0.39, 0.29) is 18.4 Å². The van der Waals surface area contributed by atoms with Crippen LogP contribution in [0.2, 0.25) is 0 Å². The molecule has 0 saturated carbocycles. The van der Waals surface area contributed by atoms with E-state index < -0.39 is 0 Å². The molecule has 1 aromatic carbocycles. The highest BCUT2D eigenvalue weighted by Crippen LogP contribution is 2.03. The zero-order chi connectivity index (χ0) is 15.1. The van der Waals surface area contributed by atoms with Crippen LogP contribution in [0.15, 0.2) is 36.5 Å². The molecule has 0 bridgehead atoms. The lowest BCUT2D eigenvalue weighted by Crippen LogP contribution is -2.28. The number of aliphatic hydroxyl groups is 1. The van der Waals surface area contributed by atoms with E-state index in [1.807, 2.05) is 37.3 Å². The molecule has 0 aliphatic heterocycles. The van der Waals surface area contributed by atoms with Crippen molar-refractivity contribution in [2.24, 2.45) is 5.92 Å². The van der Waals surface area contributed by atoms with Gasteiger partial charge in [0.2, 0.25) is 0 Å². The molecule has 1 unspecified atom stereocenters. The van der Waals surface area contributed by atoms with Crippen LogP contribution in [0.3, 0.4) is 0 Å². The van der Waals surface area contributed by atoms with Gasteiger partial charge in [0, 0.05) is 13.2 Å². The van der Waals surface area contributed by atoms with Gasteiger partial charge >= 0.3 is 0 Å². The molecule has 6 nitrogen and oxygen atoms in total. The molecule has 0 radical (unpaired) electrons. The van der Waals surface area contributed by atoms with Gasteiger partial charge < -0.3 is 10.4 Å². The van der Waals surface area contributed by atoms with Crippen molar-refractivity contribution in [3.8, 4) is 0 Å². The van der Waals surface area contributed by atoms with Crippen molar-refractivity contribution in [1.29, 1.82) is 0 Å². The maximum atomic E-state index is 11.9. The minimum atomic E-state index is -0.237. The Morgan fingerprint density at radius 2 is 2.14 bits per heavy atom. The van der Waals surface area contributed by atoms with E-state index >= 15 is 0 Å². The summed E-state index contributed by atoms with van der Waals surface area (Å²) in [4.78, 5) is 11.9. The predicted octanol–water partition coefficient (Wildman–Crippen LogP) is 1.07. The van der Waals surface area contributed by atoms with Crippen molar-refractivity contribution in [1.82, 2.24) is 20.3 Å². The van der Waals surface area contributed by atoms with Crippen molar-refractivity contribution in [2.75, 3.05) is 13.2 Å². The quantitative estimate of drug-likeness (QED) is 0.799. The van der Waals surface area contributed by atoms with E-state index in [1.165, 1.54) is 0 Å². The third kappa shape index (κ3) is 4.68. The first-order chi connectivity index (χ1) is 10.2. The first-order valence-electron chi connectivity index (χ1n) is 7.02. The van der Waals surface area contributed by atoms with Gasteiger partial charge in [0.25, 0.3) is 5.91 Å². The monoisotopic (exact) mass is 288 g/mol. The molecule has 0 aliphatic carbocycles. The molecule has 1 atom stereocenters. The standard InChI is InChI=1S/C15H20N4O2/c1-12(7-8-20)9-16-15(21)14-11-19(18-17-14)10-13-5-3-2-4-6-13/h2-6,11-12,20H,7-10H2,1H3,(H,16,21). The minimum absolute atomic E-state index is 0.129. The Morgan fingerprint density at radius 1 is 1.38 bits per heavy atom. The number of nitrogens with zero attached hydrogens (tertiary/aromatic N) is 3. The fourth-order valence-electron chi connectivity index (χ4n) is 1.93. The zero-order valence-electron chi connectivity index (χ0n) is 12.1. The molecule has 0 spiro atoms. The summed E-state index contributed by atoms with van der Waals surface area (Å²) in [5, 5.41) is 19.5. The van der Waals surface area contributed by atoms with Gasteiger partial charge in [0.05, 0.1) is 12.7 Å². The van der Waals surface area contributed by atoms with Gasteiger partial charge in [-0.25, -0.2) is 4.68 Å². The summed E-state index contributed by atoms with van der Waals surface area (Å²) in [6.07, 6.45) is 2.31. The fraction of sp³-hybridized carbons (Fsp3) is 0.400. The molecule has 2 N–H and O–H groups in total. The van der Waals surface area contributed by atoms with E-state index in [9.17, 15) is 4.79 Å². The van der Waals surface area contributed by atoms with E-state index in [0.717, 1.165) is 5.56 Å². The summed E-state index contributed by atoms with van der Waals surface area (Å²) in [5.41, 5.74) is 1.41. The molecule has 2 rings (SSSR count). The third-order valence-corrected chi connectivity index (χ3v) is 3.19. The molecule has 1 heterocycles. The van der Waals surface area contributed by atoms with Crippen molar-refractivity contribution in [2.45, 2.75) is 19.9 Å². The molecule has 0 saturated heterocycles. The van der Waals surface area contributed by atoms with Crippen LogP contribution in [0.4, 0.5) is 0 Å². The van der Waals surface area contributed by atoms with E-state index in [1.54, 1.807) is 10.9 Å². The van der Waals surface area contributed by atoms with Crippen molar-refractivity contribution < 1.29 is 9.90 Å². The average molecular weight is 288 g/mol. The number of carbonyl (C=O) groups is 1. The first kappa shape index (κ1) is 15.2. The SMILES string of the molecule is CC(CCO)CNC(=O)c1cn(Cc2ccccc2)nn1. The van der Waals surface area contributed by atoms with Crippen LogP contribution in [-0.4, -0.2) is 39.2 Å². The Kier molecular flexibility index (Phi) is 5.45. The summed E-state index contributed by atoms with van der Waals surface area (Å²) in [6.45, 7) is 3.21. The molecular formula is C15H20N4O2. The molecule has 2 aromatic rings. The topological polar surface area (TPSA) is 80.0 Å². The highest BCUT2D eigenvalue weighted by Gasteiger charge is 2.12. The Bertz CT molecular complexity index is 568. The smallest absolute Gasteiger partial charge is 0.273 e. The molecule has 6 heteroatoms. The van der Waals surface area contributed by atoms with E-state index in [0.29, 0.717) is 25.2 Å². The Hall–Kier alpha value is -2.21. The largest absolute Gasteiger partial charge is 0.396 e. The molecule has 21 heavy (non-hydrogen) atoms. The van der Waals surface area contributed by atoms with Gasteiger partial charge in [-0.3, -0.25) is 4.79 Å². The average Bonchev–Trinajstić information content (AvgIpc) is 2.95. The number of carbonyl (C=O) groups excluding carboxylic acids is 1. The maximum absolute atomic E-state index is 11.9.